The zero-order valence-corrected chi connectivity index (χ0v) is 14.5. The molecule has 2 aromatic heterocycles. The van der Waals surface area contributed by atoms with Gasteiger partial charge in [0.25, 0.3) is 5.91 Å². The average Bonchev–Trinajstić information content (AvgIpc) is 3.41. The predicted molar refractivity (Wildman–Crippen MR) is 98.0 cm³/mol. The predicted octanol–water partition coefficient (Wildman–Crippen LogP) is 2.34. The number of hydrogen-bond acceptors (Lipinski definition) is 5. The van der Waals surface area contributed by atoms with Crippen LogP contribution >= 0.6 is 11.3 Å². The number of carbonyl (C=O) groups excluding carboxylic acids is 1. The second-order valence-corrected chi connectivity index (χ2v) is 6.97. The Labute approximate surface area is 149 Å². The molecule has 1 aliphatic rings. The van der Waals surface area contributed by atoms with Crippen molar-refractivity contribution in [1.82, 2.24) is 25.4 Å². The molecule has 3 heterocycles. The number of nitrogens with zero attached hydrogens (tertiary/aromatic N) is 3. The lowest BCUT2D eigenvalue weighted by molar-refractivity contribution is 0.0944. The first-order valence-corrected chi connectivity index (χ1v) is 9.22. The van der Waals surface area contributed by atoms with Crippen LogP contribution in [0.3, 0.4) is 0 Å². The highest BCUT2D eigenvalue weighted by Crippen LogP contribution is 2.24. The van der Waals surface area contributed by atoms with E-state index in [4.69, 9.17) is 0 Å². The summed E-state index contributed by atoms with van der Waals surface area (Å²) in [5, 5.41) is 13.3. The minimum absolute atomic E-state index is 0.107. The Balaban J connectivity index is 1.44. The maximum atomic E-state index is 12.3. The van der Waals surface area contributed by atoms with Crippen LogP contribution in [0.15, 0.2) is 48.1 Å². The number of hydrogen-bond donors (Lipinski definition) is 2. The second kappa shape index (κ2) is 7.16. The van der Waals surface area contributed by atoms with Gasteiger partial charge in [-0.1, -0.05) is 18.2 Å². The average molecular weight is 353 g/mol. The largest absolute Gasteiger partial charge is 0.350 e. The molecule has 1 aromatic carbocycles. The highest BCUT2D eigenvalue weighted by atomic mass is 32.1. The van der Waals surface area contributed by atoms with E-state index in [0.29, 0.717) is 18.2 Å². The summed E-state index contributed by atoms with van der Waals surface area (Å²) in [7, 11) is 0. The molecule has 4 rings (SSSR count). The molecule has 6 nitrogen and oxygen atoms in total. The van der Waals surface area contributed by atoms with Gasteiger partial charge < -0.3 is 10.6 Å². The molecule has 7 heteroatoms. The molecule has 128 valence electrons. The van der Waals surface area contributed by atoms with E-state index in [1.807, 2.05) is 41.2 Å². The van der Waals surface area contributed by atoms with Crippen molar-refractivity contribution in [2.24, 2.45) is 5.92 Å². The number of benzene rings is 1. The van der Waals surface area contributed by atoms with Gasteiger partial charge in [0.2, 0.25) is 0 Å². The molecular formula is C18H19N5OS. The third-order valence-corrected chi connectivity index (χ3v) is 5.19. The van der Waals surface area contributed by atoms with Crippen molar-refractivity contribution in [1.29, 1.82) is 0 Å². The molecule has 0 radical (unpaired) electrons. The van der Waals surface area contributed by atoms with Crippen LogP contribution in [0.4, 0.5) is 0 Å². The van der Waals surface area contributed by atoms with Crippen LogP contribution < -0.4 is 10.6 Å². The highest BCUT2D eigenvalue weighted by Gasteiger charge is 2.17. The molecular weight excluding hydrogens is 334 g/mol. The van der Waals surface area contributed by atoms with E-state index in [2.05, 4.69) is 20.7 Å². The Kier molecular flexibility index (Phi) is 4.58. The van der Waals surface area contributed by atoms with Crippen LogP contribution in [0.5, 0.6) is 0 Å². The van der Waals surface area contributed by atoms with Crippen molar-refractivity contribution >= 4 is 17.2 Å². The first-order valence-electron chi connectivity index (χ1n) is 8.34. The third kappa shape index (κ3) is 3.62. The second-order valence-electron chi connectivity index (χ2n) is 6.12. The van der Waals surface area contributed by atoms with Crippen molar-refractivity contribution in [3.8, 4) is 16.3 Å². The van der Waals surface area contributed by atoms with Crippen LogP contribution in [0.1, 0.15) is 16.9 Å². The minimum atomic E-state index is -0.107. The van der Waals surface area contributed by atoms with Crippen molar-refractivity contribution in [3.63, 3.8) is 0 Å². The van der Waals surface area contributed by atoms with E-state index in [-0.39, 0.29) is 5.91 Å². The number of nitrogens with one attached hydrogen (secondary N) is 2. The Hall–Kier alpha value is -2.51. The molecule has 0 spiro atoms. The third-order valence-electron chi connectivity index (χ3n) is 4.30. The van der Waals surface area contributed by atoms with Crippen LogP contribution in [-0.4, -0.2) is 40.3 Å². The summed E-state index contributed by atoms with van der Waals surface area (Å²) >= 11 is 1.46. The summed E-state index contributed by atoms with van der Waals surface area (Å²) in [6.45, 7) is 2.71. The van der Waals surface area contributed by atoms with Crippen LogP contribution in [0.2, 0.25) is 0 Å². The van der Waals surface area contributed by atoms with Gasteiger partial charge in [-0.3, -0.25) is 4.79 Å². The van der Waals surface area contributed by atoms with Crippen LogP contribution in [0.25, 0.3) is 16.3 Å². The molecule has 25 heavy (non-hydrogen) atoms. The topological polar surface area (TPSA) is 71.8 Å². The maximum absolute atomic E-state index is 12.3. The van der Waals surface area contributed by atoms with E-state index in [0.717, 1.165) is 35.8 Å². The van der Waals surface area contributed by atoms with E-state index in [1.165, 1.54) is 11.3 Å². The highest BCUT2D eigenvalue weighted by molar-refractivity contribution is 7.13. The van der Waals surface area contributed by atoms with Crippen molar-refractivity contribution < 1.29 is 4.79 Å². The zero-order chi connectivity index (χ0) is 17.1. The lowest BCUT2D eigenvalue weighted by atomic mass is 10.1. The van der Waals surface area contributed by atoms with Crippen LogP contribution in [-0.2, 0) is 0 Å². The van der Waals surface area contributed by atoms with Gasteiger partial charge in [-0.05, 0) is 37.6 Å². The fourth-order valence-electron chi connectivity index (χ4n) is 2.88. The number of para-hydroxylation sites is 1. The van der Waals surface area contributed by atoms with Crippen molar-refractivity contribution in [3.05, 3.63) is 53.8 Å². The fraction of sp³-hybridized carbons (Fsp3) is 0.278. The molecule has 0 bridgehead atoms. The Morgan fingerprint density at radius 2 is 2.24 bits per heavy atom. The smallest absolute Gasteiger partial charge is 0.270 e. The summed E-state index contributed by atoms with van der Waals surface area (Å²) in [5.41, 5.74) is 2.37. The normalized spacial score (nSPS) is 16.9. The standard InChI is InChI=1S/C18H19N5OS/c24-17(20-9-13-6-7-19-8-13)16-12-25-18(22-16)14-10-21-23(11-14)15-4-2-1-3-5-15/h1-5,10-13,19H,6-9H2,(H,20,24)/t13-/m1/s1. The molecule has 3 aromatic rings. The maximum Gasteiger partial charge on any atom is 0.270 e. The van der Waals surface area contributed by atoms with Crippen molar-refractivity contribution in [2.75, 3.05) is 19.6 Å². The minimum Gasteiger partial charge on any atom is -0.350 e. The Bertz CT molecular complexity index is 851. The first kappa shape index (κ1) is 16.0. The number of thiazole rings is 1. The molecule has 1 saturated heterocycles. The van der Waals surface area contributed by atoms with E-state index in [9.17, 15) is 4.79 Å². The van der Waals surface area contributed by atoms with Gasteiger partial charge in [0, 0.05) is 23.7 Å². The molecule has 1 amide bonds. The zero-order valence-electron chi connectivity index (χ0n) is 13.7. The van der Waals surface area contributed by atoms with Gasteiger partial charge in [0.05, 0.1) is 11.9 Å². The summed E-state index contributed by atoms with van der Waals surface area (Å²) < 4.78 is 1.81. The van der Waals surface area contributed by atoms with Crippen LogP contribution in [0, 0.1) is 5.92 Å². The van der Waals surface area contributed by atoms with Gasteiger partial charge in [-0.15, -0.1) is 11.3 Å². The number of carbonyl (C=O) groups is 1. The fourth-order valence-corrected chi connectivity index (χ4v) is 3.66. The van der Waals surface area contributed by atoms with E-state index < -0.39 is 0 Å². The quantitative estimate of drug-likeness (QED) is 0.738. The van der Waals surface area contributed by atoms with Crippen molar-refractivity contribution in [2.45, 2.75) is 6.42 Å². The van der Waals surface area contributed by atoms with Gasteiger partial charge in [0.1, 0.15) is 10.7 Å². The SMILES string of the molecule is O=C(NC[C@@H]1CCNC1)c1csc(-c2cnn(-c3ccccc3)c2)n1. The first-order chi connectivity index (χ1) is 12.3. The summed E-state index contributed by atoms with van der Waals surface area (Å²) in [4.78, 5) is 16.7. The van der Waals surface area contributed by atoms with Gasteiger partial charge in [-0.25, -0.2) is 9.67 Å². The Morgan fingerprint density at radius 3 is 3.04 bits per heavy atom. The molecule has 0 unspecified atom stereocenters. The number of rotatable bonds is 5. The molecule has 1 aliphatic heterocycles. The van der Waals surface area contributed by atoms with Gasteiger partial charge in [0.15, 0.2) is 0 Å². The summed E-state index contributed by atoms with van der Waals surface area (Å²) in [5.74, 6) is 0.413. The van der Waals surface area contributed by atoms with E-state index >= 15 is 0 Å². The van der Waals surface area contributed by atoms with E-state index in [1.54, 1.807) is 11.6 Å². The number of aromatic nitrogens is 3. The molecule has 1 atom stereocenters. The lowest BCUT2D eigenvalue weighted by Crippen LogP contribution is -2.30. The lowest BCUT2D eigenvalue weighted by Gasteiger charge is -2.08. The van der Waals surface area contributed by atoms with Gasteiger partial charge in [-0.2, -0.15) is 5.10 Å². The summed E-state index contributed by atoms with van der Waals surface area (Å²) in [6.07, 6.45) is 4.82. The summed E-state index contributed by atoms with van der Waals surface area (Å²) in [6, 6.07) is 9.91. The molecule has 0 saturated carbocycles. The Morgan fingerprint density at radius 1 is 1.36 bits per heavy atom. The monoisotopic (exact) mass is 353 g/mol. The number of amides is 1. The molecule has 0 aliphatic carbocycles. The molecule has 1 fully saturated rings. The molecule has 2 N–H and O–H groups in total. The van der Waals surface area contributed by atoms with Gasteiger partial charge >= 0.3 is 0 Å².